The minimum absolute atomic E-state index is 0.0936. The first-order chi connectivity index (χ1) is 15.0. The summed E-state index contributed by atoms with van der Waals surface area (Å²) in [5, 5.41) is 3.21. The molecule has 1 saturated heterocycles. The number of hydrogen-bond acceptors (Lipinski definition) is 4. The van der Waals surface area contributed by atoms with Gasteiger partial charge in [-0.25, -0.2) is 8.42 Å². The Kier molecular flexibility index (Phi) is 6.07. The van der Waals surface area contributed by atoms with Crippen LogP contribution in [0.2, 0.25) is 0 Å². The Hall–Kier alpha value is -2.38. The summed E-state index contributed by atoms with van der Waals surface area (Å²) in [6.45, 7) is 8.63. The molecule has 0 saturated carbocycles. The molecule has 32 heavy (non-hydrogen) atoms. The maximum absolute atomic E-state index is 13.3. The third-order valence-electron chi connectivity index (χ3n) is 6.35. The van der Waals surface area contributed by atoms with Gasteiger partial charge in [-0.2, -0.15) is 4.31 Å². The van der Waals surface area contributed by atoms with Crippen molar-refractivity contribution in [3.63, 3.8) is 0 Å². The first kappa shape index (κ1) is 22.8. The van der Waals surface area contributed by atoms with E-state index in [0.717, 1.165) is 22.4 Å². The average Bonchev–Trinajstić information content (AvgIpc) is 2.74. The molecule has 2 heterocycles. The molecule has 0 radical (unpaired) electrons. The Labute approximate surface area is 191 Å². The molecule has 2 atom stereocenters. The van der Waals surface area contributed by atoms with Crippen molar-refractivity contribution in [2.24, 2.45) is 5.92 Å². The van der Waals surface area contributed by atoms with Crippen molar-refractivity contribution in [1.29, 1.82) is 0 Å². The summed E-state index contributed by atoms with van der Waals surface area (Å²) in [7, 11) is -3.62. The number of hydrogen-bond donors (Lipinski definition) is 1. The van der Waals surface area contributed by atoms with Crippen LogP contribution in [0.3, 0.4) is 0 Å². The largest absolute Gasteiger partial charge is 0.487 e. The number of carbonyl (C=O) groups is 1. The Morgan fingerprint density at radius 3 is 2.50 bits per heavy atom. The van der Waals surface area contributed by atoms with Crippen LogP contribution >= 0.6 is 0 Å². The molecule has 4 rings (SSSR count). The molecule has 6 nitrogen and oxygen atoms in total. The van der Waals surface area contributed by atoms with E-state index < -0.39 is 15.6 Å². The lowest BCUT2D eigenvalue weighted by molar-refractivity contribution is -0.127. The molecule has 0 unspecified atom stereocenters. The summed E-state index contributed by atoms with van der Waals surface area (Å²) in [6.07, 6.45) is 2.00. The molecule has 2 aromatic carbocycles. The number of sulfonamides is 1. The standard InChI is InChI=1S/C25H32N2O4S/c1-17-7-10-20(11-8-17)32(29,30)27-13-5-6-19(16-27)24(28)26-22-15-25(3,4)31-23-12-9-18(2)14-21(22)23/h7-12,14,19,22H,5-6,13,15-16H2,1-4H3,(H,26,28)/t19-,22+/m0/s1. The van der Waals surface area contributed by atoms with Crippen LogP contribution in [0.1, 0.15) is 55.8 Å². The normalized spacial score (nSPS) is 23.1. The number of carbonyl (C=O) groups excluding carboxylic acids is 1. The van der Waals surface area contributed by atoms with E-state index in [1.165, 1.54) is 4.31 Å². The van der Waals surface area contributed by atoms with Gasteiger partial charge >= 0.3 is 0 Å². The topological polar surface area (TPSA) is 75.7 Å². The van der Waals surface area contributed by atoms with E-state index >= 15 is 0 Å². The van der Waals surface area contributed by atoms with Crippen LogP contribution in [0.25, 0.3) is 0 Å². The van der Waals surface area contributed by atoms with Gasteiger partial charge in [-0.15, -0.1) is 0 Å². The van der Waals surface area contributed by atoms with Crippen LogP contribution in [-0.4, -0.2) is 37.3 Å². The Morgan fingerprint density at radius 2 is 1.78 bits per heavy atom. The van der Waals surface area contributed by atoms with Crippen molar-refractivity contribution in [1.82, 2.24) is 9.62 Å². The molecular weight excluding hydrogens is 424 g/mol. The van der Waals surface area contributed by atoms with Gasteiger partial charge in [0.05, 0.1) is 16.9 Å². The fourth-order valence-corrected chi connectivity index (χ4v) is 6.15. The molecule has 0 bridgehead atoms. The zero-order valence-corrected chi connectivity index (χ0v) is 20.0. The molecule has 1 fully saturated rings. The van der Waals surface area contributed by atoms with Gasteiger partial charge < -0.3 is 10.1 Å². The van der Waals surface area contributed by atoms with Crippen LogP contribution in [-0.2, 0) is 14.8 Å². The van der Waals surface area contributed by atoms with E-state index in [-0.39, 0.29) is 29.3 Å². The number of ether oxygens (including phenoxy) is 1. The molecular formula is C25H32N2O4S. The van der Waals surface area contributed by atoms with Gasteiger partial charge in [0, 0.05) is 25.1 Å². The van der Waals surface area contributed by atoms with Gasteiger partial charge in [0.2, 0.25) is 15.9 Å². The minimum atomic E-state index is -3.62. The summed E-state index contributed by atoms with van der Waals surface area (Å²) in [4.78, 5) is 13.5. The third-order valence-corrected chi connectivity index (χ3v) is 8.23. The van der Waals surface area contributed by atoms with Gasteiger partial charge in [0.1, 0.15) is 11.4 Å². The van der Waals surface area contributed by atoms with Crippen LogP contribution in [0.15, 0.2) is 47.4 Å². The SMILES string of the molecule is Cc1ccc(S(=O)(=O)N2CCC[C@H](C(=O)N[C@@H]3CC(C)(C)Oc4ccc(C)cc43)C2)cc1. The van der Waals surface area contributed by atoms with Crippen LogP contribution < -0.4 is 10.1 Å². The highest BCUT2D eigenvalue weighted by Gasteiger charge is 2.38. The molecule has 2 aromatic rings. The molecule has 0 spiro atoms. The highest BCUT2D eigenvalue weighted by atomic mass is 32.2. The number of rotatable bonds is 4. The zero-order chi connectivity index (χ0) is 23.1. The lowest BCUT2D eigenvalue weighted by Crippen LogP contribution is -2.48. The number of nitrogens with one attached hydrogen (secondary N) is 1. The van der Waals surface area contributed by atoms with Crippen molar-refractivity contribution >= 4 is 15.9 Å². The Bertz CT molecular complexity index is 1110. The maximum Gasteiger partial charge on any atom is 0.243 e. The lowest BCUT2D eigenvalue weighted by atomic mass is 9.88. The molecule has 1 amide bonds. The van der Waals surface area contributed by atoms with Gasteiger partial charge in [0.25, 0.3) is 0 Å². The van der Waals surface area contributed by atoms with Crippen molar-refractivity contribution in [3.05, 3.63) is 59.2 Å². The first-order valence-corrected chi connectivity index (χ1v) is 12.7. The summed E-state index contributed by atoms with van der Waals surface area (Å²) in [5.41, 5.74) is 2.71. The van der Waals surface area contributed by atoms with Crippen molar-refractivity contribution < 1.29 is 17.9 Å². The van der Waals surface area contributed by atoms with E-state index in [2.05, 4.69) is 11.4 Å². The smallest absolute Gasteiger partial charge is 0.243 e. The fourth-order valence-electron chi connectivity index (χ4n) is 4.63. The fraction of sp³-hybridized carbons (Fsp3) is 0.480. The van der Waals surface area contributed by atoms with Gasteiger partial charge in [-0.05, 0) is 58.7 Å². The zero-order valence-electron chi connectivity index (χ0n) is 19.2. The second kappa shape index (κ2) is 8.52. The van der Waals surface area contributed by atoms with Gasteiger partial charge in [-0.3, -0.25) is 4.79 Å². The van der Waals surface area contributed by atoms with Crippen LogP contribution in [0.5, 0.6) is 5.75 Å². The summed E-state index contributed by atoms with van der Waals surface area (Å²) in [6, 6.07) is 12.7. The highest BCUT2D eigenvalue weighted by molar-refractivity contribution is 7.89. The molecule has 7 heteroatoms. The lowest BCUT2D eigenvalue weighted by Gasteiger charge is -2.39. The van der Waals surface area contributed by atoms with Gasteiger partial charge in [-0.1, -0.05) is 35.4 Å². The predicted octanol–water partition coefficient (Wildman–Crippen LogP) is 4.12. The van der Waals surface area contributed by atoms with Crippen molar-refractivity contribution in [2.45, 2.75) is 63.5 Å². The second-order valence-corrected chi connectivity index (χ2v) is 11.6. The molecule has 172 valence electrons. The highest BCUT2D eigenvalue weighted by Crippen LogP contribution is 2.40. The van der Waals surface area contributed by atoms with E-state index in [0.29, 0.717) is 25.8 Å². The van der Waals surface area contributed by atoms with E-state index in [1.807, 2.05) is 39.8 Å². The van der Waals surface area contributed by atoms with Crippen LogP contribution in [0, 0.1) is 19.8 Å². The monoisotopic (exact) mass is 456 g/mol. The predicted molar refractivity (Wildman–Crippen MR) is 124 cm³/mol. The van der Waals surface area contributed by atoms with Gasteiger partial charge in [0.15, 0.2) is 0 Å². The number of piperidine rings is 1. The summed E-state index contributed by atoms with van der Waals surface area (Å²) >= 11 is 0. The quantitative estimate of drug-likeness (QED) is 0.751. The Balaban J connectivity index is 1.51. The number of benzene rings is 2. The molecule has 0 aliphatic carbocycles. The number of aryl methyl sites for hydroxylation is 2. The minimum Gasteiger partial charge on any atom is -0.487 e. The van der Waals surface area contributed by atoms with E-state index in [1.54, 1.807) is 24.3 Å². The number of nitrogens with zero attached hydrogens (tertiary/aromatic N) is 1. The summed E-state index contributed by atoms with van der Waals surface area (Å²) < 4.78 is 33.8. The van der Waals surface area contributed by atoms with Crippen LogP contribution in [0.4, 0.5) is 0 Å². The molecule has 1 N–H and O–H groups in total. The van der Waals surface area contributed by atoms with E-state index in [4.69, 9.17) is 4.74 Å². The molecule has 2 aliphatic heterocycles. The molecule has 0 aromatic heterocycles. The average molecular weight is 457 g/mol. The second-order valence-electron chi connectivity index (χ2n) is 9.68. The summed E-state index contributed by atoms with van der Waals surface area (Å²) in [5.74, 6) is 0.330. The Morgan fingerprint density at radius 1 is 1.09 bits per heavy atom. The number of fused-ring (bicyclic) bond motifs is 1. The first-order valence-electron chi connectivity index (χ1n) is 11.2. The third kappa shape index (κ3) is 4.69. The molecule has 2 aliphatic rings. The number of amides is 1. The maximum atomic E-state index is 13.3. The van der Waals surface area contributed by atoms with Crippen molar-refractivity contribution in [2.75, 3.05) is 13.1 Å². The van der Waals surface area contributed by atoms with E-state index in [9.17, 15) is 13.2 Å². The van der Waals surface area contributed by atoms with Crippen molar-refractivity contribution in [3.8, 4) is 5.75 Å².